The fraction of sp³-hybridized carbons (Fsp3) is 0.915. The summed E-state index contributed by atoms with van der Waals surface area (Å²) < 4.78 is 11.3. The van der Waals surface area contributed by atoms with Crippen LogP contribution in [0.4, 0.5) is 0 Å². The second kappa shape index (κ2) is 49.3. The lowest BCUT2D eigenvalue weighted by Crippen LogP contribution is -2.60. The average molecular weight is 965 g/mol. The number of hydrogen-bond acceptors (Lipinski definition) is 8. The van der Waals surface area contributed by atoms with Crippen molar-refractivity contribution in [2.75, 3.05) is 13.2 Å². The Labute approximate surface area is 419 Å². The van der Waals surface area contributed by atoms with Crippen LogP contribution in [0, 0.1) is 0 Å². The zero-order valence-electron chi connectivity index (χ0n) is 44.6. The number of allylic oxidation sites excluding steroid dienone is 3. The normalized spacial score (nSPS) is 19.7. The maximum Gasteiger partial charge on any atom is 0.220 e. The largest absolute Gasteiger partial charge is 0.394 e. The summed E-state index contributed by atoms with van der Waals surface area (Å²) in [5.41, 5.74) is 0. The molecule has 1 saturated heterocycles. The van der Waals surface area contributed by atoms with Gasteiger partial charge in [0.15, 0.2) is 6.29 Å². The smallest absolute Gasteiger partial charge is 0.220 e. The summed E-state index contributed by atoms with van der Waals surface area (Å²) in [7, 11) is 0. The molecule has 9 nitrogen and oxygen atoms in total. The lowest BCUT2D eigenvalue weighted by atomic mass is 9.99. The van der Waals surface area contributed by atoms with Gasteiger partial charge in [-0.15, -0.1) is 0 Å². The summed E-state index contributed by atoms with van der Waals surface area (Å²) in [6, 6.07) is -0.818. The van der Waals surface area contributed by atoms with E-state index in [0.717, 1.165) is 38.5 Å². The number of ether oxygens (including phenoxy) is 2. The van der Waals surface area contributed by atoms with E-state index < -0.39 is 49.5 Å². The molecule has 9 heteroatoms. The fourth-order valence-corrected chi connectivity index (χ4v) is 9.59. The van der Waals surface area contributed by atoms with Gasteiger partial charge in [-0.05, 0) is 32.1 Å². The van der Waals surface area contributed by atoms with E-state index in [1.165, 1.54) is 231 Å². The third-order valence-electron chi connectivity index (χ3n) is 14.3. The van der Waals surface area contributed by atoms with Crippen LogP contribution in [0.5, 0.6) is 0 Å². The maximum absolute atomic E-state index is 13.0. The molecule has 0 aromatic rings. The molecule has 1 amide bonds. The monoisotopic (exact) mass is 964 g/mol. The Kier molecular flexibility index (Phi) is 46.9. The Morgan fingerprint density at radius 3 is 1.24 bits per heavy atom. The first-order chi connectivity index (χ1) is 33.3. The third kappa shape index (κ3) is 38.4. The summed E-state index contributed by atoms with van der Waals surface area (Å²) in [6.45, 7) is 3.79. The summed E-state index contributed by atoms with van der Waals surface area (Å²) in [6.07, 6.45) is 55.5. The van der Waals surface area contributed by atoms with Crippen molar-refractivity contribution in [2.45, 2.75) is 333 Å². The summed E-state index contributed by atoms with van der Waals surface area (Å²) >= 11 is 0. The Bertz CT molecular complexity index is 1120. The molecule has 0 aromatic heterocycles. The zero-order chi connectivity index (χ0) is 49.4. The maximum atomic E-state index is 13.0. The predicted molar refractivity (Wildman–Crippen MR) is 286 cm³/mol. The highest BCUT2D eigenvalue weighted by Gasteiger charge is 2.44. The minimum absolute atomic E-state index is 0.181. The van der Waals surface area contributed by atoms with Crippen LogP contribution in [-0.2, 0) is 14.3 Å². The number of rotatable bonds is 51. The van der Waals surface area contributed by atoms with E-state index in [4.69, 9.17) is 9.47 Å². The van der Waals surface area contributed by atoms with E-state index in [2.05, 4.69) is 31.3 Å². The molecule has 0 spiro atoms. The predicted octanol–water partition coefficient (Wildman–Crippen LogP) is 14.6. The first kappa shape index (κ1) is 64.7. The standard InChI is InChI=1S/C59H113NO8/c1-3-5-7-9-11-13-15-17-19-21-22-23-24-25-26-27-28-29-30-31-32-33-35-37-39-41-43-45-47-49-55(63)60-52(51-67-59-58(66)57(65)56(64)54(50-61)68-59)53(62)48-46-44-42-40-38-36-34-20-18-16-14-12-10-8-6-4-2/h38,40,46,48,52-54,56-59,61-62,64-66H,3-37,39,41-45,47,49-51H2,1-2H3,(H,60,63)/b40-38+,48-46+. The Morgan fingerprint density at radius 1 is 0.485 bits per heavy atom. The van der Waals surface area contributed by atoms with Crippen molar-refractivity contribution in [1.82, 2.24) is 5.32 Å². The second-order valence-electron chi connectivity index (χ2n) is 20.8. The topological polar surface area (TPSA) is 149 Å². The van der Waals surface area contributed by atoms with E-state index in [9.17, 15) is 30.3 Å². The van der Waals surface area contributed by atoms with E-state index in [-0.39, 0.29) is 12.5 Å². The highest BCUT2D eigenvalue weighted by atomic mass is 16.7. The van der Waals surface area contributed by atoms with E-state index in [1.54, 1.807) is 6.08 Å². The van der Waals surface area contributed by atoms with Crippen LogP contribution in [-0.4, -0.2) is 87.5 Å². The number of aliphatic hydroxyl groups is 5. The third-order valence-corrected chi connectivity index (χ3v) is 14.3. The average Bonchev–Trinajstić information content (AvgIpc) is 3.34. The molecule has 0 saturated carbocycles. The molecule has 68 heavy (non-hydrogen) atoms. The Morgan fingerprint density at radius 2 is 0.838 bits per heavy atom. The minimum atomic E-state index is -1.57. The fourth-order valence-electron chi connectivity index (χ4n) is 9.59. The molecule has 1 fully saturated rings. The van der Waals surface area contributed by atoms with Crippen molar-refractivity contribution >= 4 is 5.91 Å². The molecule has 0 bridgehead atoms. The molecule has 1 heterocycles. The zero-order valence-corrected chi connectivity index (χ0v) is 44.6. The lowest BCUT2D eigenvalue weighted by Gasteiger charge is -2.40. The van der Waals surface area contributed by atoms with Gasteiger partial charge in [0.25, 0.3) is 0 Å². The number of carbonyl (C=O) groups excluding carboxylic acids is 1. The van der Waals surface area contributed by atoms with Gasteiger partial charge in [0.05, 0.1) is 25.4 Å². The van der Waals surface area contributed by atoms with Gasteiger partial charge in [-0.25, -0.2) is 0 Å². The number of hydrogen-bond donors (Lipinski definition) is 6. The summed E-state index contributed by atoms with van der Waals surface area (Å²) in [5.74, 6) is -0.181. The van der Waals surface area contributed by atoms with Gasteiger partial charge in [0, 0.05) is 6.42 Å². The molecular formula is C59H113NO8. The van der Waals surface area contributed by atoms with Crippen LogP contribution in [0.2, 0.25) is 0 Å². The van der Waals surface area contributed by atoms with Crippen LogP contribution in [0.15, 0.2) is 24.3 Å². The number of nitrogens with one attached hydrogen (secondary N) is 1. The Balaban J connectivity index is 2.16. The van der Waals surface area contributed by atoms with Crippen LogP contribution < -0.4 is 5.32 Å². The first-order valence-corrected chi connectivity index (χ1v) is 29.6. The van der Waals surface area contributed by atoms with Crippen molar-refractivity contribution in [3.05, 3.63) is 24.3 Å². The minimum Gasteiger partial charge on any atom is -0.394 e. The molecule has 1 aliphatic heterocycles. The van der Waals surface area contributed by atoms with Gasteiger partial charge in [-0.1, -0.05) is 276 Å². The van der Waals surface area contributed by atoms with E-state index >= 15 is 0 Å². The molecule has 7 atom stereocenters. The number of unbranched alkanes of at least 4 members (excludes halogenated alkanes) is 39. The number of carbonyl (C=O) groups is 1. The summed E-state index contributed by atoms with van der Waals surface area (Å²) in [4.78, 5) is 13.0. The molecule has 0 aromatic carbocycles. The van der Waals surface area contributed by atoms with Crippen LogP contribution in [0.25, 0.3) is 0 Å². The van der Waals surface area contributed by atoms with Crippen LogP contribution in [0.3, 0.4) is 0 Å². The molecule has 1 rings (SSSR count). The van der Waals surface area contributed by atoms with E-state index in [0.29, 0.717) is 6.42 Å². The Hall–Kier alpha value is -1.33. The quantitative estimate of drug-likeness (QED) is 0.0261. The van der Waals surface area contributed by atoms with Crippen molar-refractivity contribution in [2.24, 2.45) is 0 Å². The van der Waals surface area contributed by atoms with Crippen molar-refractivity contribution in [1.29, 1.82) is 0 Å². The van der Waals surface area contributed by atoms with Gasteiger partial charge in [-0.3, -0.25) is 4.79 Å². The van der Waals surface area contributed by atoms with Gasteiger partial charge < -0.3 is 40.3 Å². The van der Waals surface area contributed by atoms with Gasteiger partial charge in [-0.2, -0.15) is 0 Å². The molecule has 0 aliphatic carbocycles. The highest BCUT2D eigenvalue weighted by Crippen LogP contribution is 2.23. The summed E-state index contributed by atoms with van der Waals surface area (Å²) in [5, 5.41) is 54.4. The molecular weight excluding hydrogens is 851 g/mol. The van der Waals surface area contributed by atoms with Gasteiger partial charge >= 0.3 is 0 Å². The SMILES string of the molecule is CCCCCCCCCCCC/C=C/CC/C=C/C(O)C(COC1OC(CO)C(O)C(O)C1O)NC(=O)CCCCCCCCCCCCCCCCCCCCCCCCCCCCCCC. The van der Waals surface area contributed by atoms with Gasteiger partial charge in [0.1, 0.15) is 24.4 Å². The molecule has 7 unspecified atom stereocenters. The van der Waals surface area contributed by atoms with E-state index in [1.807, 2.05) is 6.08 Å². The molecule has 402 valence electrons. The van der Waals surface area contributed by atoms with Crippen LogP contribution >= 0.6 is 0 Å². The van der Waals surface area contributed by atoms with Crippen molar-refractivity contribution < 1.29 is 39.8 Å². The molecule has 0 radical (unpaired) electrons. The van der Waals surface area contributed by atoms with Crippen molar-refractivity contribution in [3.63, 3.8) is 0 Å². The van der Waals surface area contributed by atoms with Gasteiger partial charge in [0.2, 0.25) is 5.91 Å². The van der Waals surface area contributed by atoms with Crippen molar-refractivity contribution in [3.8, 4) is 0 Å². The van der Waals surface area contributed by atoms with Crippen LogP contribution in [0.1, 0.15) is 290 Å². The second-order valence-corrected chi connectivity index (χ2v) is 20.8. The molecule has 1 aliphatic rings. The number of aliphatic hydroxyl groups excluding tert-OH is 5. The lowest BCUT2D eigenvalue weighted by molar-refractivity contribution is -0.302. The molecule has 6 N–H and O–H groups in total. The number of amides is 1. The highest BCUT2D eigenvalue weighted by molar-refractivity contribution is 5.76. The first-order valence-electron chi connectivity index (χ1n) is 29.6.